The van der Waals surface area contributed by atoms with Gasteiger partial charge >= 0.3 is 11.9 Å². The third-order valence-electron chi connectivity index (χ3n) is 4.45. The Labute approximate surface area is 185 Å². The van der Waals surface area contributed by atoms with Crippen molar-refractivity contribution >= 4 is 29.7 Å². The van der Waals surface area contributed by atoms with Gasteiger partial charge in [-0.2, -0.15) is 0 Å². The van der Waals surface area contributed by atoms with Gasteiger partial charge in [0.15, 0.2) is 6.04 Å². The molecule has 13 nitrogen and oxygen atoms in total. The number of hydrogen-bond acceptors (Lipinski definition) is 8. The summed E-state index contributed by atoms with van der Waals surface area (Å²) in [5.41, 5.74) is 5.79. The summed E-state index contributed by atoms with van der Waals surface area (Å²) < 4.78 is 0. The van der Waals surface area contributed by atoms with Crippen LogP contribution in [-0.2, 0) is 24.0 Å². The Morgan fingerprint density at radius 1 is 0.781 bits per heavy atom. The second-order valence-electron chi connectivity index (χ2n) is 8.02. The van der Waals surface area contributed by atoms with Crippen molar-refractivity contribution in [3.05, 3.63) is 0 Å². The van der Waals surface area contributed by atoms with Crippen LogP contribution in [0.3, 0.4) is 0 Å². The van der Waals surface area contributed by atoms with Gasteiger partial charge in [0.25, 0.3) is 0 Å². The third kappa shape index (κ3) is 10.5. The maximum Gasteiger partial charge on any atom is 0.328 e. The number of nitrogens with two attached hydrogens (primary N) is 1. The lowest BCUT2D eigenvalue weighted by atomic mass is 10.0. The highest BCUT2D eigenvalue weighted by Crippen LogP contribution is 2.06. The van der Waals surface area contributed by atoms with Crippen LogP contribution in [0.5, 0.6) is 0 Å². The zero-order chi connectivity index (χ0) is 25.2. The van der Waals surface area contributed by atoms with Gasteiger partial charge in [-0.15, -0.1) is 0 Å². The van der Waals surface area contributed by atoms with Gasteiger partial charge in [-0.3, -0.25) is 19.2 Å². The first-order valence-electron chi connectivity index (χ1n) is 10.1. The minimum absolute atomic E-state index is 0.0847. The van der Waals surface area contributed by atoms with Crippen molar-refractivity contribution in [2.24, 2.45) is 11.7 Å². The van der Waals surface area contributed by atoms with E-state index in [1.54, 1.807) is 0 Å². The van der Waals surface area contributed by atoms with E-state index < -0.39 is 72.5 Å². The molecule has 0 fully saturated rings. The Hall–Kier alpha value is -2.77. The Morgan fingerprint density at radius 3 is 1.69 bits per heavy atom. The minimum atomic E-state index is -1.70. The third-order valence-corrected chi connectivity index (χ3v) is 4.45. The van der Waals surface area contributed by atoms with Gasteiger partial charge in [0.1, 0.15) is 12.1 Å². The van der Waals surface area contributed by atoms with Gasteiger partial charge in [-0.1, -0.05) is 13.8 Å². The van der Waals surface area contributed by atoms with Crippen LogP contribution in [0.1, 0.15) is 47.0 Å². The van der Waals surface area contributed by atoms with Gasteiger partial charge in [0, 0.05) is 6.42 Å². The average Bonchev–Trinajstić information content (AvgIpc) is 2.65. The SMILES string of the molecule is CC(C)CC(N)C(=O)NC(CCC(=O)O)C(=O)NC(C(=O)NC(C(=O)O)C(C)O)C(C)O. The fraction of sp³-hybridized carbons (Fsp3) is 0.737. The lowest BCUT2D eigenvalue weighted by Gasteiger charge is -2.27. The molecule has 184 valence electrons. The first-order valence-corrected chi connectivity index (χ1v) is 10.1. The average molecular weight is 463 g/mol. The van der Waals surface area contributed by atoms with Crippen molar-refractivity contribution < 1.29 is 44.4 Å². The van der Waals surface area contributed by atoms with Crippen LogP contribution in [0, 0.1) is 5.92 Å². The highest BCUT2D eigenvalue weighted by atomic mass is 16.4. The summed E-state index contributed by atoms with van der Waals surface area (Å²) in [4.78, 5) is 59.5. The van der Waals surface area contributed by atoms with E-state index in [4.69, 9.17) is 15.9 Å². The quantitative estimate of drug-likeness (QED) is 0.135. The number of rotatable bonds is 14. The first-order chi connectivity index (χ1) is 14.7. The van der Waals surface area contributed by atoms with E-state index in [2.05, 4.69) is 10.6 Å². The predicted molar refractivity (Wildman–Crippen MR) is 111 cm³/mol. The molecule has 6 atom stereocenters. The largest absolute Gasteiger partial charge is 0.481 e. The fourth-order valence-electron chi connectivity index (χ4n) is 2.72. The molecule has 3 amide bonds. The number of aliphatic hydroxyl groups is 2. The summed E-state index contributed by atoms with van der Waals surface area (Å²) in [6.07, 6.45) is -3.44. The summed E-state index contributed by atoms with van der Waals surface area (Å²) in [5.74, 6) is -5.43. The van der Waals surface area contributed by atoms with Gasteiger partial charge in [-0.05, 0) is 32.6 Å². The van der Waals surface area contributed by atoms with E-state index >= 15 is 0 Å². The van der Waals surface area contributed by atoms with Crippen LogP contribution < -0.4 is 21.7 Å². The topological polar surface area (TPSA) is 228 Å². The molecule has 0 aliphatic carbocycles. The Bertz CT molecular complexity index is 682. The number of carboxylic acids is 2. The Morgan fingerprint density at radius 2 is 1.28 bits per heavy atom. The number of hydrogen-bond donors (Lipinski definition) is 8. The van der Waals surface area contributed by atoms with Crippen molar-refractivity contribution in [2.75, 3.05) is 0 Å². The molecular formula is C19H34N4O9. The van der Waals surface area contributed by atoms with Gasteiger partial charge in [0.2, 0.25) is 17.7 Å². The molecule has 0 rings (SSSR count). The van der Waals surface area contributed by atoms with Crippen LogP contribution >= 0.6 is 0 Å². The number of carbonyl (C=O) groups is 5. The molecule has 0 aliphatic heterocycles. The molecule has 6 unspecified atom stereocenters. The molecular weight excluding hydrogens is 428 g/mol. The maximum absolute atomic E-state index is 12.7. The molecule has 0 saturated heterocycles. The summed E-state index contributed by atoms with van der Waals surface area (Å²) in [6.45, 7) is 5.97. The van der Waals surface area contributed by atoms with Crippen molar-refractivity contribution in [2.45, 2.75) is 83.3 Å². The molecule has 0 heterocycles. The van der Waals surface area contributed by atoms with E-state index in [-0.39, 0.29) is 12.3 Å². The molecule has 0 spiro atoms. The molecule has 0 aromatic carbocycles. The van der Waals surface area contributed by atoms with Crippen LogP contribution in [-0.4, -0.2) is 86.5 Å². The van der Waals surface area contributed by atoms with E-state index in [0.717, 1.165) is 13.8 Å². The number of carboxylic acid groups (broad SMARTS) is 2. The van der Waals surface area contributed by atoms with Crippen LogP contribution in [0.15, 0.2) is 0 Å². The number of nitrogens with one attached hydrogen (secondary N) is 3. The zero-order valence-electron chi connectivity index (χ0n) is 18.6. The smallest absolute Gasteiger partial charge is 0.328 e. The maximum atomic E-state index is 12.7. The van der Waals surface area contributed by atoms with Crippen molar-refractivity contribution in [1.82, 2.24) is 16.0 Å². The van der Waals surface area contributed by atoms with Crippen molar-refractivity contribution in [1.29, 1.82) is 0 Å². The molecule has 0 saturated carbocycles. The second-order valence-corrected chi connectivity index (χ2v) is 8.02. The molecule has 0 aliphatic rings. The van der Waals surface area contributed by atoms with Crippen LogP contribution in [0.4, 0.5) is 0 Å². The highest BCUT2D eigenvalue weighted by Gasteiger charge is 2.34. The predicted octanol–water partition coefficient (Wildman–Crippen LogP) is -2.47. The summed E-state index contributed by atoms with van der Waals surface area (Å²) in [7, 11) is 0. The number of aliphatic carboxylic acids is 2. The normalized spacial score (nSPS) is 16.8. The summed E-state index contributed by atoms with van der Waals surface area (Å²) >= 11 is 0. The number of amides is 3. The van der Waals surface area contributed by atoms with E-state index in [1.807, 2.05) is 19.2 Å². The molecule has 9 N–H and O–H groups in total. The minimum Gasteiger partial charge on any atom is -0.481 e. The monoisotopic (exact) mass is 462 g/mol. The molecule has 32 heavy (non-hydrogen) atoms. The van der Waals surface area contributed by atoms with E-state index in [9.17, 15) is 34.2 Å². The molecule has 0 radical (unpaired) electrons. The lowest BCUT2D eigenvalue weighted by Crippen LogP contribution is -2.61. The van der Waals surface area contributed by atoms with Gasteiger partial charge < -0.3 is 42.1 Å². The van der Waals surface area contributed by atoms with Crippen LogP contribution in [0.25, 0.3) is 0 Å². The van der Waals surface area contributed by atoms with E-state index in [0.29, 0.717) is 6.42 Å². The molecule has 0 aromatic rings. The molecule has 0 bridgehead atoms. The standard InChI is InChI=1S/C19H34N4O9/c1-8(2)7-11(20)16(28)21-12(5-6-13(26)27)17(29)22-14(9(3)24)18(30)23-15(10(4)25)19(31)32/h8-12,14-15,24-25H,5-7,20H2,1-4H3,(H,21,28)(H,22,29)(H,23,30)(H,26,27)(H,31,32). The fourth-order valence-corrected chi connectivity index (χ4v) is 2.72. The Kier molecular flexibility index (Phi) is 12.4. The number of carbonyl (C=O) groups excluding carboxylic acids is 3. The van der Waals surface area contributed by atoms with Crippen molar-refractivity contribution in [3.8, 4) is 0 Å². The molecule has 13 heteroatoms. The van der Waals surface area contributed by atoms with Gasteiger partial charge in [0.05, 0.1) is 18.2 Å². The zero-order valence-corrected chi connectivity index (χ0v) is 18.6. The first kappa shape index (κ1) is 29.2. The summed E-state index contributed by atoms with van der Waals surface area (Å²) in [6, 6.07) is -5.67. The lowest BCUT2D eigenvalue weighted by molar-refractivity contribution is -0.146. The molecule has 0 aromatic heterocycles. The second kappa shape index (κ2) is 13.6. The van der Waals surface area contributed by atoms with Gasteiger partial charge in [-0.25, -0.2) is 4.79 Å². The van der Waals surface area contributed by atoms with E-state index in [1.165, 1.54) is 0 Å². The van der Waals surface area contributed by atoms with Crippen LogP contribution in [0.2, 0.25) is 0 Å². The Balaban J connectivity index is 5.47. The highest BCUT2D eigenvalue weighted by molar-refractivity contribution is 5.94. The van der Waals surface area contributed by atoms with Crippen molar-refractivity contribution in [3.63, 3.8) is 0 Å². The summed E-state index contributed by atoms with van der Waals surface area (Å²) in [5, 5.41) is 43.9. The number of aliphatic hydroxyl groups excluding tert-OH is 2.